The third-order valence-electron chi connectivity index (χ3n) is 6.96. The van der Waals surface area contributed by atoms with Gasteiger partial charge in [-0.05, 0) is 76.7 Å². The minimum Gasteiger partial charge on any atom is -0.493 e. The number of carbonyl (C=O) groups is 3. The zero-order valence-corrected chi connectivity index (χ0v) is 23.4. The summed E-state index contributed by atoms with van der Waals surface area (Å²) in [6, 6.07) is 29.7. The van der Waals surface area contributed by atoms with Crippen molar-refractivity contribution < 1.29 is 28.7 Å². The lowest BCUT2D eigenvalue weighted by molar-refractivity contribution is -0.126. The Morgan fingerprint density at radius 3 is 2.20 bits per heavy atom. The van der Waals surface area contributed by atoms with Crippen LogP contribution in [0.2, 0.25) is 0 Å². The lowest BCUT2D eigenvalue weighted by atomic mass is 9.90. The quantitative estimate of drug-likeness (QED) is 0.117. The number of anilines is 2. The number of hydrogen-bond donors (Lipinski definition) is 0. The van der Waals surface area contributed by atoms with E-state index in [-0.39, 0.29) is 11.7 Å². The molecule has 0 unspecified atom stereocenters. The Bertz CT molecular complexity index is 1600. The number of esters is 1. The van der Waals surface area contributed by atoms with Crippen LogP contribution in [0.4, 0.5) is 11.4 Å². The van der Waals surface area contributed by atoms with Crippen LogP contribution in [0, 0.1) is 9.49 Å². The number of rotatable bonds is 6. The molecule has 4 aromatic carbocycles. The molecule has 6 rings (SSSR count). The van der Waals surface area contributed by atoms with Gasteiger partial charge in [0.25, 0.3) is 5.91 Å². The van der Waals surface area contributed by atoms with Crippen LogP contribution in [0.5, 0.6) is 11.5 Å². The van der Waals surface area contributed by atoms with E-state index in [1.165, 1.54) is 12.0 Å². The second kappa shape index (κ2) is 10.7. The van der Waals surface area contributed by atoms with E-state index < -0.39 is 29.9 Å². The van der Waals surface area contributed by atoms with Gasteiger partial charge in [0.2, 0.25) is 5.91 Å². The molecule has 0 spiro atoms. The molecule has 2 amide bonds. The molecule has 0 aromatic heterocycles. The van der Waals surface area contributed by atoms with Crippen molar-refractivity contribution in [3.8, 4) is 11.5 Å². The van der Waals surface area contributed by atoms with Crippen LogP contribution in [-0.2, 0) is 14.4 Å². The second-order valence-corrected chi connectivity index (χ2v) is 10.4. The highest BCUT2D eigenvalue weighted by atomic mass is 127. The summed E-state index contributed by atoms with van der Waals surface area (Å²) < 4.78 is 12.0. The molecule has 3 atom stereocenters. The van der Waals surface area contributed by atoms with Crippen LogP contribution in [-0.4, -0.2) is 31.0 Å². The molecule has 4 aromatic rings. The number of carbonyl (C=O) groups excluding carboxylic acids is 3. The average Bonchev–Trinajstić information content (AvgIpc) is 3.50. The number of hydrogen-bond acceptors (Lipinski definition) is 7. The molecule has 2 heterocycles. The summed E-state index contributed by atoms with van der Waals surface area (Å²) in [4.78, 5) is 47.7. The van der Waals surface area contributed by atoms with E-state index in [1.807, 2.05) is 48.5 Å². The molecule has 2 fully saturated rings. The van der Waals surface area contributed by atoms with Crippen molar-refractivity contribution in [2.45, 2.75) is 12.1 Å². The lowest BCUT2D eigenvalue weighted by Crippen LogP contribution is -2.37. The number of fused-ring (bicyclic) bond motifs is 1. The number of amides is 2. The average molecular weight is 646 g/mol. The van der Waals surface area contributed by atoms with Gasteiger partial charge in [0.1, 0.15) is 5.92 Å². The molecule has 8 nitrogen and oxygen atoms in total. The second-order valence-electron chi connectivity index (χ2n) is 9.29. The molecule has 9 heteroatoms. The summed E-state index contributed by atoms with van der Waals surface area (Å²) in [6.07, 6.45) is -1.00. The standard InChI is InChI=1S/C31H23IN2O6/c1-38-25-18-20(16-17-24(25)39-31(37)19-10-4-2-5-11-19)27-26-28(40-34(27)21-12-6-3-7-13-21)30(36)33(29(26)35)23-15-9-8-14-22(23)32/h2-18,26-28H,1H3/t26-,27-,28+/m1/s1. The van der Waals surface area contributed by atoms with Crippen LogP contribution >= 0.6 is 22.6 Å². The molecule has 2 aliphatic heterocycles. The van der Waals surface area contributed by atoms with Gasteiger partial charge in [-0.2, -0.15) is 0 Å². The molecular formula is C31H23IN2O6. The van der Waals surface area contributed by atoms with Crippen LogP contribution in [0.1, 0.15) is 22.0 Å². The number of hydroxylamine groups is 1. The third kappa shape index (κ3) is 4.50. The van der Waals surface area contributed by atoms with E-state index in [4.69, 9.17) is 14.3 Å². The van der Waals surface area contributed by atoms with Crippen LogP contribution < -0.4 is 19.4 Å². The monoisotopic (exact) mass is 646 g/mol. The molecule has 2 aliphatic rings. The van der Waals surface area contributed by atoms with Crippen molar-refractivity contribution in [3.05, 3.63) is 118 Å². The first-order valence-electron chi connectivity index (χ1n) is 12.6. The zero-order chi connectivity index (χ0) is 27.8. The Morgan fingerprint density at radius 2 is 1.50 bits per heavy atom. The van der Waals surface area contributed by atoms with E-state index in [9.17, 15) is 14.4 Å². The maximum atomic E-state index is 13.9. The van der Waals surface area contributed by atoms with E-state index in [0.29, 0.717) is 28.3 Å². The highest BCUT2D eigenvalue weighted by molar-refractivity contribution is 14.1. The minimum atomic E-state index is -1.00. The maximum Gasteiger partial charge on any atom is 0.343 e. The summed E-state index contributed by atoms with van der Waals surface area (Å²) in [6.45, 7) is 0. The van der Waals surface area contributed by atoms with Crippen molar-refractivity contribution in [1.29, 1.82) is 0 Å². The fraction of sp³-hybridized carbons (Fsp3) is 0.129. The first-order valence-corrected chi connectivity index (χ1v) is 13.6. The molecule has 40 heavy (non-hydrogen) atoms. The van der Waals surface area contributed by atoms with Gasteiger partial charge in [-0.1, -0.05) is 54.6 Å². The Labute approximate surface area is 244 Å². The van der Waals surface area contributed by atoms with E-state index >= 15 is 0 Å². The van der Waals surface area contributed by atoms with E-state index in [2.05, 4.69) is 22.6 Å². The fourth-order valence-electron chi connectivity index (χ4n) is 5.11. The van der Waals surface area contributed by atoms with Gasteiger partial charge in [0.15, 0.2) is 17.6 Å². The zero-order valence-electron chi connectivity index (χ0n) is 21.3. The predicted octanol–water partition coefficient (Wildman–Crippen LogP) is 5.57. The van der Waals surface area contributed by atoms with Crippen molar-refractivity contribution in [3.63, 3.8) is 0 Å². The van der Waals surface area contributed by atoms with E-state index in [1.54, 1.807) is 59.7 Å². The Hall–Kier alpha value is -4.22. The summed E-state index contributed by atoms with van der Waals surface area (Å²) in [7, 11) is 1.48. The van der Waals surface area contributed by atoms with Gasteiger partial charge >= 0.3 is 5.97 Å². The van der Waals surface area contributed by atoms with Gasteiger partial charge in [-0.25, -0.2) is 14.8 Å². The molecule has 0 radical (unpaired) electrons. The smallest absolute Gasteiger partial charge is 0.343 e. The number of benzene rings is 4. The topological polar surface area (TPSA) is 85.4 Å². The van der Waals surface area contributed by atoms with Gasteiger partial charge in [0, 0.05) is 3.57 Å². The number of para-hydroxylation sites is 2. The number of nitrogens with zero attached hydrogens (tertiary/aromatic N) is 2. The summed E-state index contributed by atoms with van der Waals surface area (Å²) in [5.41, 5.74) is 2.30. The van der Waals surface area contributed by atoms with Gasteiger partial charge in [-0.3, -0.25) is 14.4 Å². The normalized spacial score (nSPS) is 20.0. The number of imide groups is 1. The third-order valence-corrected chi connectivity index (χ3v) is 7.87. The SMILES string of the molecule is COc1cc([C@@H]2[C@H]3C(=O)N(c4ccccc4I)C(=O)[C@H]3ON2c2ccccc2)ccc1OC(=O)c1ccccc1. The molecule has 0 N–H and O–H groups in total. The minimum absolute atomic E-state index is 0.233. The first kappa shape index (κ1) is 26.0. The summed E-state index contributed by atoms with van der Waals surface area (Å²) >= 11 is 2.12. The maximum absolute atomic E-state index is 13.9. The molecule has 2 saturated heterocycles. The van der Waals surface area contributed by atoms with E-state index in [0.717, 1.165) is 3.57 Å². The number of ether oxygens (including phenoxy) is 2. The highest BCUT2D eigenvalue weighted by Crippen LogP contribution is 2.49. The van der Waals surface area contributed by atoms with Gasteiger partial charge < -0.3 is 9.47 Å². The Balaban J connectivity index is 1.39. The highest BCUT2D eigenvalue weighted by Gasteiger charge is 2.60. The lowest BCUT2D eigenvalue weighted by Gasteiger charge is -2.29. The van der Waals surface area contributed by atoms with Crippen LogP contribution in [0.25, 0.3) is 0 Å². The Morgan fingerprint density at radius 1 is 0.825 bits per heavy atom. The molecule has 0 aliphatic carbocycles. The fourth-order valence-corrected chi connectivity index (χ4v) is 5.74. The van der Waals surface area contributed by atoms with Crippen molar-refractivity contribution in [2.75, 3.05) is 17.1 Å². The van der Waals surface area contributed by atoms with Gasteiger partial charge in [-0.15, -0.1) is 0 Å². The van der Waals surface area contributed by atoms with Crippen molar-refractivity contribution in [2.24, 2.45) is 5.92 Å². The first-order chi connectivity index (χ1) is 19.5. The largest absolute Gasteiger partial charge is 0.493 e. The number of halogens is 1. The van der Waals surface area contributed by atoms with Crippen molar-refractivity contribution in [1.82, 2.24) is 0 Å². The van der Waals surface area contributed by atoms with Crippen LogP contribution in [0.15, 0.2) is 103 Å². The predicted molar refractivity (Wildman–Crippen MR) is 156 cm³/mol. The summed E-state index contributed by atoms with van der Waals surface area (Å²) in [5, 5.41) is 1.61. The molecule has 200 valence electrons. The van der Waals surface area contributed by atoms with Gasteiger partial charge in [0.05, 0.1) is 30.1 Å². The summed E-state index contributed by atoms with van der Waals surface area (Å²) in [5.74, 6) is -1.55. The molecule has 0 saturated carbocycles. The van der Waals surface area contributed by atoms with Crippen LogP contribution in [0.3, 0.4) is 0 Å². The molecule has 0 bridgehead atoms. The Kier molecular flexibility index (Phi) is 6.99. The molecular weight excluding hydrogens is 623 g/mol. The van der Waals surface area contributed by atoms with Crippen molar-refractivity contribution >= 4 is 51.7 Å². The number of methoxy groups -OCH3 is 1.